The van der Waals surface area contributed by atoms with Gasteiger partial charge in [0.2, 0.25) is 0 Å². The average molecular weight is 357 g/mol. The molecule has 4 rings (SSSR count). The lowest BCUT2D eigenvalue weighted by Crippen LogP contribution is -2.67. The highest BCUT2D eigenvalue weighted by molar-refractivity contribution is 5.76. The van der Waals surface area contributed by atoms with Gasteiger partial charge in [-0.25, -0.2) is 4.98 Å². The van der Waals surface area contributed by atoms with E-state index in [2.05, 4.69) is 23.7 Å². The van der Waals surface area contributed by atoms with Gasteiger partial charge < -0.3 is 10.2 Å². The average Bonchev–Trinajstić information content (AvgIpc) is 2.61. The predicted molar refractivity (Wildman–Crippen MR) is 99.9 cm³/mol. The molecule has 0 spiro atoms. The third kappa shape index (κ3) is 2.76. The number of piperidine rings is 2. The van der Waals surface area contributed by atoms with Gasteiger partial charge >= 0.3 is 0 Å². The molecule has 2 fully saturated rings. The fourth-order valence-electron chi connectivity index (χ4n) is 4.93. The number of hydrogen-bond donors (Lipinski definition) is 2. The molecule has 2 N–H and O–H groups in total. The smallest absolute Gasteiger partial charge is 0.261 e. The summed E-state index contributed by atoms with van der Waals surface area (Å²) >= 11 is 0. The second-order valence-electron chi connectivity index (χ2n) is 8.25. The van der Waals surface area contributed by atoms with Gasteiger partial charge in [-0.05, 0) is 51.8 Å². The summed E-state index contributed by atoms with van der Waals surface area (Å²) in [5.74, 6) is -0.107. The molecule has 0 aliphatic carbocycles. The Labute approximate surface area is 153 Å². The zero-order valence-electron chi connectivity index (χ0n) is 15.4. The monoisotopic (exact) mass is 357 g/mol. The third-order valence-corrected chi connectivity index (χ3v) is 6.46. The minimum Gasteiger partial charge on any atom is -0.393 e. The van der Waals surface area contributed by atoms with Crippen molar-refractivity contribution in [3.05, 3.63) is 40.9 Å². The number of aliphatic hydroxyl groups is 2. The zero-order chi connectivity index (χ0) is 18.5. The van der Waals surface area contributed by atoms with Gasteiger partial charge in [-0.3, -0.25) is 14.3 Å². The van der Waals surface area contributed by atoms with Crippen molar-refractivity contribution in [2.45, 2.75) is 63.4 Å². The molecule has 2 aliphatic heterocycles. The van der Waals surface area contributed by atoms with E-state index in [1.165, 1.54) is 0 Å². The highest BCUT2D eigenvalue weighted by Gasteiger charge is 2.50. The highest BCUT2D eigenvalue weighted by atomic mass is 16.3. The van der Waals surface area contributed by atoms with E-state index in [1.807, 2.05) is 18.2 Å². The number of fused-ring (bicyclic) bond motifs is 2. The first kappa shape index (κ1) is 17.6. The summed E-state index contributed by atoms with van der Waals surface area (Å²) in [5, 5.41) is 21.8. The molecule has 0 amide bonds. The van der Waals surface area contributed by atoms with Gasteiger partial charge in [-0.1, -0.05) is 12.1 Å². The van der Waals surface area contributed by atoms with Crippen LogP contribution < -0.4 is 5.56 Å². The lowest BCUT2D eigenvalue weighted by atomic mass is 9.71. The summed E-state index contributed by atoms with van der Waals surface area (Å²) in [5.41, 5.74) is 0.310. The van der Waals surface area contributed by atoms with Crippen LogP contribution in [0.3, 0.4) is 0 Å². The van der Waals surface area contributed by atoms with E-state index in [-0.39, 0.29) is 29.2 Å². The molecule has 140 valence electrons. The molecule has 0 bridgehead atoms. The molecule has 4 atom stereocenters. The number of para-hydroxylation sites is 1. The van der Waals surface area contributed by atoms with Gasteiger partial charge in [0, 0.05) is 24.0 Å². The van der Waals surface area contributed by atoms with Crippen molar-refractivity contribution in [2.24, 2.45) is 5.92 Å². The third-order valence-electron chi connectivity index (χ3n) is 6.46. The van der Waals surface area contributed by atoms with Crippen LogP contribution in [0.4, 0.5) is 0 Å². The van der Waals surface area contributed by atoms with E-state index < -0.39 is 6.10 Å². The van der Waals surface area contributed by atoms with E-state index in [9.17, 15) is 15.0 Å². The van der Waals surface area contributed by atoms with Crippen LogP contribution in [-0.4, -0.2) is 55.0 Å². The van der Waals surface area contributed by atoms with E-state index >= 15 is 0 Å². The Morgan fingerprint density at radius 1 is 1.23 bits per heavy atom. The normalized spacial score (nSPS) is 31.7. The molecule has 0 unspecified atom stereocenters. The van der Waals surface area contributed by atoms with E-state index in [4.69, 9.17) is 0 Å². The van der Waals surface area contributed by atoms with Crippen molar-refractivity contribution in [2.75, 3.05) is 6.54 Å². The Kier molecular flexibility index (Phi) is 4.37. The van der Waals surface area contributed by atoms with Gasteiger partial charge in [0.05, 0.1) is 29.4 Å². The Morgan fingerprint density at radius 3 is 2.81 bits per heavy atom. The number of hydrogen-bond acceptors (Lipinski definition) is 5. The van der Waals surface area contributed by atoms with Crippen molar-refractivity contribution in [3.8, 4) is 0 Å². The first-order valence-electron chi connectivity index (χ1n) is 9.46. The summed E-state index contributed by atoms with van der Waals surface area (Å²) < 4.78 is 1.62. The van der Waals surface area contributed by atoms with Crippen LogP contribution in [0, 0.1) is 5.92 Å². The van der Waals surface area contributed by atoms with Crippen LogP contribution in [0.1, 0.15) is 33.1 Å². The van der Waals surface area contributed by atoms with Gasteiger partial charge in [-0.2, -0.15) is 0 Å². The molecule has 6 nitrogen and oxygen atoms in total. The minimum atomic E-state index is -0.558. The molecule has 26 heavy (non-hydrogen) atoms. The van der Waals surface area contributed by atoms with E-state index in [1.54, 1.807) is 17.0 Å². The Balaban J connectivity index is 1.67. The Bertz CT molecular complexity index is 863. The van der Waals surface area contributed by atoms with Crippen molar-refractivity contribution in [1.29, 1.82) is 0 Å². The first-order valence-corrected chi connectivity index (χ1v) is 9.46. The molecular formula is C20H27N3O3. The summed E-state index contributed by atoms with van der Waals surface area (Å²) in [6, 6.07) is 7.33. The van der Waals surface area contributed by atoms with Crippen LogP contribution >= 0.6 is 0 Å². The lowest BCUT2D eigenvalue weighted by molar-refractivity contribution is -0.142. The van der Waals surface area contributed by atoms with Crippen LogP contribution in [0.2, 0.25) is 0 Å². The molecule has 6 heteroatoms. The second kappa shape index (κ2) is 6.44. The summed E-state index contributed by atoms with van der Waals surface area (Å²) in [7, 11) is 0. The molecule has 2 saturated heterocycles. The Hall–Kier alpha value is -1.76. The quantitative estimate of drug-likeness (QED) is 0.849. The SMILES string of the molecule is CC1(C)[C@@H](Cn2cnc3ccccc3c2=O)[C@H](O)C[C@@H]2[C@@H](O)CCCN21. The molecule has 2 aliphatic rings. The number of nitrogens with zero attached hydrogens (tertiary/aromatic N) is 3. The molecule has 2 aromatic rings. The van der Waals surface area contributed by atoms with Crippen LogP contribution in [0.15, 0.2) is 35.4 Å². The molecular weight excluding hydrogens is 330 g/mol. The van der Waals surface area contributed by atoms with Crippen LogP contribution in [0.25, 0.3) is 10.9 Å². The maximum absolute atomic E-state index is 12.8. The standard InChI is InChI=1S/C20H27N3O3/c1-20(2)14(18(25)10-16-17(24)8-5-9-23(16)20)11-22-12-21-15-7-4-3-6-13(15)19(22)26/h3-4,6-7,12,14,16-18,24-25H,5,8-11H2,1-2H3/t14-,16+,17-,18+/m0/s1. The van der Waals surface area contributed by atoms with Gasteiger partial charge in [-0.15, -0.1) is 0 Å². The van der Waals surface area contributed by atoms with Crippen LogP contribution in [0.5, 0.6) is 0 Å². The van der Waals surface area contributed by atoms with Gasteiger partial charge in [0.1, 0.15) is 0 Å². The summed E-state index contributed by atoms with van der Waals surface area (Å²) in [6.45, 7) is 5.57. The number of aliphatic hydroxyl groups excluding tert-OH is 2. The van der Waals surface area contributed by atoms with Crippen molar-refractivity contribution in [1.82, 2.24) is 14.5 Å². The Morgan fingerprint density at radius 2 is 2.00 bits per heavy atom. The second-order valence-corrected chi connectivity index (χ2v) is 8.25. The number of aromatic nitrogens is 2. The van der Waals surface area contributed by atoms with Gasteiger partial charge in [0.15, 0.2) is 0 Å². The van der Waals surface area contributed by atoms with E-state index in [0.717, 1.165) is 19.4 Å². The molecule has 0 radical (unpaired) electrons. The minimum absolute atomic E-state index is 0.00329. The lowest BCUT2D eigenvalue weighted by Gasteiger charge is -2.57. The molecule has 3 heterocycles. The molecule has 1 aromatic carbocycles. The van der Waals surface area contributed by atoms with Crippen molar-refractivity contribution < 1.29 is 10.2 Å². The number of benzene rings is 1. The first-order chi connectivity index (χ1) is 12.4. The molecule has 1 aromatic heterocycles. The maximum Gasteiger partial charge on any atom is 0.261 e. The van der Waals surface area contributed by atoms with Crippen LogP contribution in [-0.2, 0) is 6.54 Å². The van der Waals surface area contributed by atoms with Crippen molar-refractivity contribution in [3.63, 3.8) is 0 Å². The maximum atomic E-state index is 12.8. The summed E-state index contributed by atoms with van der Waals surface area (Å²) in [4.78, 5) is 19.6. The number of rotatable bonds is 2. The fourth-order valence-corrected chi connectivity index (χ4v) is 4.93. The molecule has 0 saturated carbocycles. The van der Waals surface area contributed by atoms with E-state index in [0.29, 0.717) is 23.9 Å². The van der Waals surface area contributed by atoms with Gasteiger partial charge in [0.25, 0.3) is 5.56 Å². The predicted octanol–water partition coefficient (Wildman–Crippen LogP) is 1.38. The fraction of sp³-hybridized carbons (Fsp3) is 0.600. The summed E-state index contributed by atoms with van der Waals surface area (Å²) in [6.07, 6.45) is 2.95. The zero-order valence-corrected chi connectivity index (χ0v) is 15.4. The largest absolute Gasteiger partial charge is 0.393 e. The highest BCUT2D eigenvalue weighted by Crippen LogP contribution is 2.41. The topological polar surface area (TPSA) is 78.6 Å². The van der Waals surface area contributed by atoms with Crippen molar-refractivity contribution >= 4 is 10.9 Å².